The summed E-state index contributed by atoms with van der Waals surface area (Å²) in [6.45, 7) is 4.02. The summed E-state index contributed by atoms with van der Waals surface area (Å²) in [5.41, 5.74) is 2.04. The molecular formula is C22H29ClN4O3. The highest BCUT2D eigenvalue weighted by Crippen LogP contribution is 2.39. The maximum Gasteiger partial charge on any atom is 0.203 e. The van der Waals surface area contributed by atoms with Gasteiger partial charge in [-0.05, 0) is 24.3 Å². The number of nitrogens with one attached hydrogen (secondary N) is 1. The quantitative estimate of drug-likeness (QED) is 0.558. The van der Waals surface area contributed by atoms with Crippen LogP contribution in [0.1, 0.15) is 5.56 Å². The number of hydrogen-bond acceptors (Lipinski definition) is 5. The third kappa shape index (κ3) is 4.67. The predicted molar refractivity (Wildman–Crippen MR) is 122 cm³/mol. The summed E-state index contributed by atoms with van der Waals surface area (Å²) in [6.07, 6.45) is 0. The van der Waals surface area contributed by atoms with Gasteiger partial charge in [0.15, 0.2) is 17.5 Å². The van der Waals surface area contributed by atoms with Gasteiger partial charge >= 0.3 is 0 Å². The fourth-order valence-electron chi connectivity index (χ4n) is 3.68. The zero-order valence-corrected chi connectivity index (χ0v) is 18.7. The van der Waals surface area contributed by atoms with Gasteiger partial charge in [-0.1, -0.05) is 23.7 Å². The van der Waals surface area contributed by atoms with E-state index in [1.807, 2.05) is 30.3 Å². The molecule has 162 valence electrons. The van der Waals surface area contributed by atoms with Crippen LogP contribution in [0, 0.1) is 0 Å². The van der Waals surface area contributed by atoms with Crippen molar-refractivity contribution in [2.24, 2.45) is 4.99 Å². The molecule has 0 amide bonds. The Labute approximate surface area is 183 Å². The topological polar surface area (TPSA) is 58.6 Å². The number of para-hydroxylation sites is 1. The number of aliphatic imine (C=N–C) groups is 1. The van der Waals surface area contributed by atoms with Gasteiger partial charge in [-0.2, -0.15) is 0 Å². The van der Waals surface area contributed by atoms with Gasteiger partial charge in [-0.15, -0.1) is 0 Å². The van der Waals surface area contributed by atoms with Crippen molar-refractivity contribution in [2.75, 3.05) is 59.5 Å². The Morgan fingerprint density at radius 2 is 1.67 bits per heavy atom. The van der Waals surface area contributed by atoms with Gasteiger partial charge < -0.3 is 29.3 Å². The summed E-state index contributed by atoms with van der Waals surface area (Å²) in [5.74, 6) is 2.73. The molecule has 7 nitrogen and oxygen atoms in total. The Morgan fingerprint density at radius 1 is 0.967 bits per heavy atom. The maximum absolute atomic E-state index is 6.35. The zero-order valence-electron chi connectivity index (χ0n) is 17.9. The van der Waals surface area contributed by atoms with Gasteiger partial charge in [0, 0.05) is 45.3 Å². The van der Waals surface area contributed by atoms with Crippen molar-refractivity contribution < 1.29 is 14.2 Å². The number of hydrogen-bond donors (Lipinski definition) is 1. The molecule has 0 radical (unpaired) electrons. The highest BCUT2D eigenvalue weighted by molar-refractivity contribution is 6.33. The molecule has 2 aromatic rings. The van der Waals surface area contributed by atoms with Crippen LogP contribution in [0.3, 0.4) is 0 Å². The SMILES string of the molecule is CN=C(NCc1ccc(OC)c(OC)c1OC)N1CCN(c2ccccc2Cl)CC1. The van der Waals surface area contributed by atoms with Crippen LogP contribution in [0.25, 0.3) is 0 Å². The summed E-state index contributed by atoms with van der Waals surface area (Å²) >= 11 is 6.35. The summed E-state index contributed by atoms with van der Waals surface area (Å²) in [4.78, 5) is 9.02. The maximum atomic E-state index is 6.35. The molecule has 0 spiro atoms. The molecule has 0 aromatic heterocycles. The van der Waals surface area contributed by atoms with Crippen LogP contribution in [-0.2, 0) is 6.54 Å². The molecule has 3 rings (SSSR count). The first-order chi connectivity index (χ1) is 14.6. The van der Waals surface area contributed by atoms with Gasteiger partial charge in [-0.25, -0.2) is 0 Å². The minimum absolute atomic E-state index is 0.556. The first kappa shape index (κ1) is 21.9. The fraction of sp³-hybridized carbons (Fsp3) is 0.409. The van der Waals surface area contributed by atoms with Crippen molar-refractivity contribution in [1.82, 2.24) is 10.2 Å². The highest BCUT2D eigenvalue weighted by atomic mass is 35.5. The number of guanidine groups is 1. The van der Waals surface area contributed by atoms with Crippen molar-refractivity contribution in [3.63, 3.8) is 0 Å². The van der Waals surface area contributed by atoms with E-state index < -0.39 is 0 Å². The molecule has 30 heavy (non-hydrogen) atoms. The van der Waals surface area contributed by atoms with E-state index in [0.29, 0.717) is 23.8 Å². The summed E-state index contributed by atoms with van der Waals surface area (Å²) in [5, 5.41) is 4.23. The van der Waals surface area contributed by atoms with Crippen LogP contribution in [-0.4, -0.2) is 65.4 Å². The minimum Gasteiger partial charge on any atom is -0.493 e. The number of anilines is 1. The van der Waals surface area contributed by atoms with E-state index in [2.05, 4.69) is 26.2 Å². The fourth-order valence-corrected chi connectivity index (χ4v) is 3.93. The van der Waals surface area contributed by atoms with Crippen molar-refractivity contribution in [3.05, 3.63) is 47.0 Å². The lowest BCUT2D eigenvalue weighted by molar-refractivity contribution is 0.321. The predicted octanol–water partition coefficient (Wildman–Crippen LogP) is 3.26. The van der Waals surface area contributed by atoms with Crippen molar-refractivity contribution >= 4 is 23.2 Å². The molecule has 0 bridgehead atoms. The van der Waals surface area contributed by atoms with E-state index in [0.717, 1.165) is 48.4 Å². The molecule has 0 unspecified atom stereocenters. The Kier molecular flexibility index (Phi) is 7.52. The Hall–Kier alpha value is -2.80. The molecule has 8 heteroatoms. The lowest BCUT2D eigenvalue weighted by Gasteiger charge is -2.38. The second kappa shape index (κ2) is 10.3. The molecule has 1 aliphatic heterocycles. The van der Waals surface area contributed by atoms with E-state index >= 15 is 0 Å². The number of methoxy groups -OCH3 is 3. The summed E-state index contributed by atoms with van der Waals surface area (Å²) in [6, 6.07) is 11.8. The molecular weight excluding hydrogens is 404 g/mol. The Morgan fingerprint density at radius 3 is 2.27 bits per heavy atom. The van der Waals surface area contributed by atoms with Crippen LogP contribution in [0.2, 0.25) is 5.02 Å². The van der Waals surface area contributed by atoms with Crippen LogP contribution in [0.15, 0.2) is 41.4 Å². The number of ether oxygens (including phenoxy) is 3. The van der Waals surface area contributed by atoms with Crippen LogP contribution < -0.4 is 24.4 Å². The van der Waals surface area contributed by atoms with E-state index in [9.17, 15) is 0 Å². The smallest absolute Gasteiger partial charge is 0.203 e. The average Bonchev–Trinajstić information content (AvgIpc) is 2.79. The first-order valence-corrected chi connectivity index (χ1v) is 10.2. The second-order valence-corrected chi connectivity index (χ2v) is 7.23. The van der Waals surface area contributed by atoms with Crippen molar-refractivity contribution in [3.8, 4) is 17.2 Å². The van der Waals surface area contributed by atoms with E-state index in [1.165, 1.54) is 0 Å². The third-order valence-electron chi connectivity index (χ3n) is 5.21. The molecule has 0 atom stereocenters. The van der Waals surface area contributed by atoms with Gasteiger partial charge in [0.25, 0.3) is 0 Å². The molecule has 1 saturated heterocycles. The lowest BCUT2D eigenvalue weighted by atomic mass is 10.1. The Bertz CT molecular complexity index is 883. The molecule has 1 N–H and O–H groups in total. The van der Waals surface area contributed by atoms with Crippen molar-refractivity contribution in [2.45, 2.75) is 6.54 Å². The highest BCUT2D eigenvalue weighted by Gasteiger charge is 2.22. The third-order valence-corrected chi connectivity index (χ3v) is 5.53. The largest absolute Gasteiger partial charge is 0.493 e. The molecule has 2 aromatic carbocycles. The number of piperazine rings is 1. The number of benzene rings is 2. The normalized spacial score (nSPS) is 14.5. The molecule has 1 fully saturated rings. The standard InChI is InChI=1S/C22H29ClN4O3/c1-24-22(25-15-16-9-10-19(28-2)21(30-4)20(16)29-3)27-13-11-26(12-14-27)18-8-6-5-7-17(18)23/h5-10H,11-15H2,1-4H3,(H,24,25). The summed E-state index contributed by atoms with van der Waals surface area (Å²) in [7, 11) is 6.65. The lowest BCUT2D eigenvalue weighted by Crippen LogP contribution is -2.52. The number of rotatable bonds is 6. The monoisotopic (exact) mass is 432 g/mol. The van der Waals surface area contributed by atoms with Crippen LogP contribution in [0.4, 0.5) is 5.69 Å². The zero-order chi connectivity index (χ0) is 21.5. The Balaban J connectivity index is 1.64. The van der Waals surface area contributed by atoms with E-state index in [1.54, 1.807) is 28.4 Å². The van der Waals surface area contributed by atoms with Crippen LogP contribution in [0.5, 0.6) is 17.2 Å². The minimum atomic E-state index is 0.556. The van der Waals surface area contributed by atoms with Gasteiger partial charge in [0.2, 0.25) is 5.75 Å². The van der Waals surface area contributed by atoms with Gasteiger partial charge in [0.05, 0.1) is 32.0 Å². The van der Waals surface area contributed by atoms with E-state index in [4.69, 9.17) is 25.8 Å². The average molecular weight is 433 g/mol. The van der Waals surface area contributed by atoms with E-state index in [-0.39, 0.29) is 0 Å². The number of nitrogens with zero attached hydrogens (tertiary/aromatic N) is 3. The molecule has 0 saturated carbocycles. The summed E-state index contributed by atoms with van der Waals surface area (Å²) < 4.78 is 16.4. The number of halogens is 1. The molecule has 0 aliphatic carbocycles. The molecule has 1 aliphatic rings. The van der Waals surface area contributed by atoms with Crippen molar-refractivity contribution in [1.29, 1.82) is 0 Å². The molecule has 1 heterocycles. The van der Waals surface area contributed by atoms with Gasteiger partial charge in [0.1, 0.15) is 0 Å². The van der Waals surface area contributed by atoms with Crippen LogP contribution >= 0.6 is 11.6 Å². The first-order valence-electron chi connectivity index (χ1n) is 9.85. The second-order valence-electron chi connectivity index (χ2n) is 6.82. The van der Waals surface area contributed by atoms with Gasteiger partial charge in [-0.3, -0.25) is 4.99 Å².